The Balaban J connectivity index is 1.73. The lowest BCUT2D eigenvalue weighted by atomic mass is 10.0. The first-order valence-electron chi connectivity index (χ1n) is 10.4. The van der Waals surface area contributed by atoms with E-state index in [0.29, 0.717) is 5.56 Å². The first-order chi connectivity index (χ1) is 15.5. The zero-order valence-electron chi connectivity index (χ0n) is 18.3. The molecule has 2 heterocycles. The largest absolute Gasteiger partial charge is 0.377 e. The van der Waals surface area contributed by atoms with Crippen LogP contribution in [0, 0.1) is 11.3 Å². The van der Waals surface area contributed by atoms with Gasteiger partial charge in [0.1, 0.15) is 6.07 Å². The SMILES string of the molecule is CC(Nc1c(C#N)cnc2ccc(-c3ccc(/C=N\N(C)C)nc3)cc12)c1ccccc1. The van der Waals surface area contributed by atoms with Gasteiger partial charge in [-0.15, -0.1) is 0 Å². The molecule has 2 aromatic heterocycles. The average Bonchev–Trinajstić information content (AvgIpc) is 2.83. The van der Waals surface area contributed by atoms with E-state index in [0.717, 1.165) is 39.0 Å². The van der Waals surface area contributed by atoms with Crippen molar-refractivity contribution in [1.29, 1.82) is 5.26 Å². The summed E-state index contributed by atoms with van der Waals surface area (Å²) in [6.45, 7) is 2.09. The van der Waals surface area contributed by atoms with Crippen molar-refractivity contribution < 1.29 is 0 Å². The standard InChI is InChI=1S/C26H24N6/c1-18(19-7-5-4-6-8-19)31-26-22(14-27)16-29-25-12-10-20(13-24(25)26)21-9-11-23(28-15-21)17-30-32(2)3/h4-13,15-18H,1-3H3,(H,29,31)/b30-17-. The Morgan fingerprint density at radius 1 is 1.00 bits per heavy atom. The lowest BCUT2D eigenvalue weighted by Crippen LogP contribution is -2.08. The van der Waals surface area contributed by atoms with E-state index in [2.05, 4.69) is 51.6 Å². The third kappa shape index (κ3) is 4.57. The lowest BCUT2D eigenvalue weighted by molar-refractivity contribution is 0.440. The summed E-state index contributed by atoms with van der Waals surface area (Å²) in [7, 11) is 3.74. The topological polar surface area (TPSA) is 77.2 Å². The van der Waals surface area contributed by atoms with Gasteiger partial charge in [0.2, 0.25) is 0 Å². The molecule has 0 fully saturated rings. The molecule has 2 aromatic carbocycles. The molecule has 0 aliphatic carbocycles. The highest BCUT2D eigenvalue weighted by Gasteiger charge is 2.14. The molecule has 0 saturated carbocycles. The van der Waals surface area contributed by atoms with Crippen LogP contribution in [0.25, 0.3) is 22.0 Å². The number of nitrogens with zero attached hydrogens (tertiary/aromatic N) is 5. The van der Waals surface area contributed by atoms with E-state index in [1.165, 1.54) is 0 Å². The van der Waals surface area contributed by atoms with E-state index in [1.807, 2.05) is 62.8 Å². The van der Waals surface area contributed by atoms with Crippen LogP contribution in [-0.2, 0) is 0 Å². The van der Waals surface area contributed by atoms with Gasteiger partial charge in [0, 0.05) is 43.5 Å². The second-order valence-corrected chi connectivity index (χ2v) is 7.73. The monoisotopic (exact) mass is 420 g/mol. The highest BCUT2D eigenvalue weighted by atomic mass is 15.4. The van der Waals surface area contributed by atoms with Crippen molar-refractivity contribution in [1.82, 2.24) is 15.0 Å². The van der Waals surface area contributed by atoms with Gasteiger partial charge < -0.3 is 10.3 Å². The van der Waals surface area contributed by atoms with Crippen LogP contribution in [0.5, 0.6) is 0 Å². The van der Waals surface area contributed by atoms with Crippen molar-refractivity contribution >= 4 is 22.8 Å². The molecule has 0 spiro atoms. The second-order valence-electron chi connectivity index (χ2n) is 7.73. The van der Waals surface area contributed by atoms with Crippen molar-refractivity contribution in [3.63, 3.8) is 0 Å². The number of fused-ring (bicyclic) bond motifs is 1. The molecule has 0 radical (unpaired) electrons. The van der Waals surface area contributed by atoms with Crippen LogP contribution >= 0.6 is 0 Å². The molecule has 6 nitrogen and oxygen atoms in total. The number of rotatable bonds is 6. The molecule has 1 atom stereocenters. The predicted molar refractivity (Wildman–Crippen MR) is 129 cm³/mol. The van der Waals surface area contributed by atoms with Gasteiger partial charge in [-0.05, 0) is 36.2 Å². The van der Waals surface area contributed by atoms with Gasteiger partial charge in [0.05, 0.1) is 28.7 Å². The summed E-state index contributed by atoms with van der Waals surface area (Å²) in [6.07, 6.45) is 5.18. The minimum Gasteiger partial charge on any atom is -0.377 e. The Morgan fingerprint density at radius 2 is 1.78 bits per heavy atom. The number of anilines is 1. The summed E-state index contributed by atoms with van der Waals surface area (Å²) in [5.41, 5.74) is 6.07. The molecular weight excluding hydrogens is 396 g/mol. The van der Waals surface area contributed by atoms with Crippen LogP contribution in [0.1, 0.15) is 29.8 Å². The first-order valence-corrected chi connectivity index (χ1v) is 10.4. The van der Waals surface area contributed by atoms with E-state index in [9.17, 15) is 5.26 Å². The summed E-state index contributed by atoms with van der Waals surface area (Å²) in [5, 5.41) is 20.1. The van der Waals surface area contributed by atoms with E-state index in [-0.39, 0.29) is 6.04 Å². The van der Waals surface area contributed by atoms with Gasteiger partial charge in [0.25, 0.3) is 0 Å². The van der Waals surface area contributed by atoms with Gasteiger partial charge in [-0.1, -0.05) is 42.5 Å². The number of hydrogen-bond donors (Lipinski definition) is 1. The van der Waals surface area contributed by atoms with E-state index in [1.54, 1.807) is 17.4 Å². The van der Waals surface area contributed by atoms with E-state index < -0.39 is 0 Å². The molecule has 0 bridgehead atoms. The summed E-state index contributed by atoms with van der Waals surface area (Å²) in [6, 6.07) is 22.5. The maximum atomic E-state index is 9.71. The average molecular weight is 421 g/mol. The highest BCUT2D eigenvalue weighted by molar-refractivity contribution is 5.96. The highest BCUT2D eigenvalue weighted by Crippen LogP contribution is 2.32. The van der Waals surface area contributed by atoms with Crippen LogP contribution < -0.4 is 5.32 Å². The normalized spacial score (nSPS) is 11.9. The minimum absolute atomic E-state index is 0.0366. The van der Waals surface area contributed by atoms with Crippen molar-refractivity contribution in [3.8, 4) is 17.2 Å². The van der Waals surface area contributed by atoms with E-state index in [4.69, 9.17) is 0 Å². The number of hydrogen-bond acceptors (Lipinski definition) is 6. The van der Waals surface area contributed by atoms with Crippen LogP contribution in [0.4, 0.5) is 5.69 Å². The van der Waals surface area contributed by atoms with Gasteiger partial charge in [0.15, 0.2) is 0 Å². The Kier molecular flexibility index (Phi) is 6.09. The number of nitrogens with one attached hydrogen (secondary N) is 1. The third-order valence-electron chi connectivity index (χ3n) is 5.19. The molecule has 4 aromatic rings. The molecule has 1 N–H and O–H groups in total. The molecule has 0 saturated heterocycles. The molecule has 1 unspecified atom stereocenters. The molecule has 158 valence electrons. The number of hydrazone groups is 1. The Bertz CT molecular complexity index is 1290. The molecule has 0 aliphatic heterocycles. The van der Waals surface area contributed by atoms with Crippen molar-refractivity contribution in [2.24, 2.45) is 5.10 Å². The lowest BCUT2D eigenvalue weighted by Gasteiger charge is -2.18. The summed E-state index contributed by atoms with van der Waals surface area (Å²) >= 11 is 0. The second kappa shape index (κ2) is 9.27. The summed E-state index contributed by atoms with van der Waals surface area (Å²) in [4.78, 5) is 8.97. The molecular formula is C26H24N6. The Hall–Kier alpha value is -4.24. The smallest absolute Gasteiger partial charge is 0.103 e. The fraction of sp³-hybridized carbons (Fsp3) is 0.154. The van der Waals surface area contributed by atoms with Gasteiger partial charge in [-0.2, -0.15) is 10.4 Å². The van der Waals surface area contributed by atoms with Gasteiger partial charge >= 0.3 is 0 Å². The van der Waals surface area contributed by atoms with Crippen LogP contribution in [0.3, 0.4) is 0 Å². The zero-order chi connectivity index (χ0) is 22.5. The van der Waals surface area contributed by atoms with Crippen LogP contribution in [0.15, 0.2) is 78.2 Å². The zero-order valence-corrected chi connectivity index (χ0v) is 18.3. The van der Waals surface area contributed by atoms with Gasteiger partial charge in [-0.25, -0.2) is 0 Å². The maximum absolute atomic E-state index is 9.71. The predicted octanol–water partition coefficient (Wildman–Crippen LogP) is 5.24. The number of aromatic nitrogens is 2. The maximum Gasteiger partial charge on any atom is 0.103 e. The third-order valence-corrected chi connectivity index (χ3v) is 5.19. The van der Waals surface area contributed by atoms with E-state index >= 15 is 0 Å². The number of pyridine rings is 2. The summed E-state index contributed by atoms with van der Waals surface area (Å²) < 4.78 is 0. The fourth-order valence-electron chi connectivity index (χ4n) is 3.48. The molecule has 0 amide bonds. The minimum atomic E-state index is 0.0366. The molecule has 0 aliphatic rings. The Morgan fingerprint density at radius 3 is 2.47 bits per heavy atom. The summed E-state index contributed by atoms with van der Waals surface area (Å²) in [5.74, 6) is 0. The van der Waals surface area contributed by atoms with Crippen LogP contribution in [-0.4, -0.2) is 35.3 Å². The molecule has 4 rings (SSSR count). The Labute approximate surface area is 187 Å². The number of nitriles is 1. The van der Waals surface area contributed by atoms with Gasteiger partial charge in [-0.3, -0.25) is 9.97 Å². The van der Waals surface area contributed by atoms with Crippen molar-refractivity contribution in [3.05, 3.63) is 89.9 Å². The van der Waals surface area contributed by atoms with Crippen molar-refractivity contribution in [2.75, 3.05) is 19.4 Å². The molecule has 32 heavy (non-hydrogen) atoms. The van der Waals surface area contributed by atoms with Crippen LogP contribution in [0.2, 0.25) is 0 Å². The molecule has 6 heteroatoms. The quantitative estimate of drug-likeness (QED) is 0.341. The number of benzene rings is 2. The fourth-order valence-corrected chi connectivity index (χ4v) is 3.48. The van der Waals surface area contributed by atoms with Crippen molar-refractivity contribution in [2.45, 2.75) is 13.0 Å². The first kappa shape index (κ1) is 21.0.